The van der Waals surface area contributed by atoms with Gasteiger partial charge in [0.25, 0.3) is 0 Å². The minimum absolute atomic E-state index is 0.279. The molecule has 0 saturated carbocycles. The maximum Gasteiger partial charge on any atom is 0.0503 e. The van der Waals surface area contributed by atoms with E-state index in [2.05, 4.69) is 16.8 Å². The van der Waals surface area contributed by atoms with Crippen LogP contribution in [0.1, 0.15) is 32.1 Å². The lowest BCUT2D eigenvalue weighted by molar-refractivity contribution is 0.0104. The summed E-state index contributed by atoms with van der Waals surface area (Å²) >= 11 is 0. The van der Waals surface area contributed by atoms with Crippen molar-refractivity contribution in [1.82, 2.24) is 9.80 Å². The van der Waals surface area contributed by atoms with E-state index in [1.54, 1.807) is 0 Å². The van der Waals surface area contributed by atoms with E-state index < -0.39 is 0 Å². The third-order valence-corrected chi connectivity index (χ3v) is 5.96. The van der Waals surface area contributed by atoms with Gasteiger partial charge in [-0.15, -0.1) is 0 Å². The number of nitrogens with zero attached hydrogens (tertiary/aromatic N) is 2. The lowest BCUT2D eigenvalue weighted by atomic mass is 9.81. The van der Waals surface area contributed by atoms with Gasteiger partial charge in [-0.2, -0.15) is 0 Å². The molecule has 3 fully saturated rings. The molecule has 0 aromatic heterocycles. The van der Waals surface area contributed by atoms with E-state index in [4.69, 9.17) is 10.5 Å². The Morgan fingerprint density at radius 3 is 2.47 bits per heavy atom. The van der Waals surface area contributed by atoms with Crippen molar-refractivity contribution in [3.05, 3.63) is 0 Å². The molecule has 2 bridgehead atoms. The van der Waals surface area contributed by atoms with E-state index in [-0.39, 0.29) is 5.54 Å². The van der Waals surface area contributed by atoms with Gasteiger partial charge < -0.3 is 15.4 Å². The predicted octanol–water partition coefficient (Wildman–Crippen LogP) is 0.909. The van der Waals surface area contributed by atoms with Crippen molar-refractivity contribution in [2.24, 2.45) is 11.7 Å². The summed E-state index contributed by atoms with van der Waals surface area (Å²) < 4.78 is 5.33. The molecule has 0 aromatic carbocycles. The molecule has 3 heterocycles. The Labute approximate surface area is 117 Å². The van der Waals surface area contributed by atoms with Gasteiger partial charge >= 0.3 is 0 Å². The van der Waals surface area contributed by atoms with Crippen LogP contribution in [0, 0.1) is 5.92 Å². The van der Waals surface area contributed by atoms with E-state index in [0.29, 0.717) is 5.92 Å². The molecule has 0 aromatic rings. The maximum atomic E-state index is 6.24. The van der Waals surface area contributed by atoms with Gasteiger partial charge in [-0.1, -0.05) is 0 Å². The van der Waals surface area contributed by atoms with Gasteiger partial charge in [-0.3, -0.25) is 4.90 Å². The maximum absolute atomic E-state index is 6.24. The van der Waals surface area contributed by atoms with Crippen molar-refractivity contribution in [2.75, 3.05) is 40.4 Å². The monoisotopic (exact) mass is 267 g/mol. The molecule has 2 N–H and O–H groups in total. The number of hydrogen-bond acceptors (Lipinski definition) is 4. The topological polar surface area (TPSA) is 41.7 Å². The Kier molecular flexibility index (Phi) is 3.87. The fraction of sp³-hybridized carbons (Fsp3) is 1.00. The van der Waals surface area contributed by atoms with E-state index in [1.165, 1.54) is 45.2 Å². The zero-order chi connectivity index (χ0) is 13.5. The molecular weight excluding hydrogens is 238 g/mol. The van der Waals surface area contributed by atoms with Gasteiger partial charge in [-0.25, -0.2) is 0 Å². The van der Waals surface area contributed by atoms with Gasteiger partial charge in [0.05, 0.1) is 6.61 Å². The zero-order valence-corrected chi connectivity index (χ0v) is 12.5. The molecule has 3 rings (SSSR count). The Morgan fingerprint density at radius 2 is 1.89 bits per heavy atom. The second-order valence-corrected chi connectivity index (χ2v) is 6.94. The zero-order valence-electron chi connectivity index (χ0n) is 12.5. The summed E-state index contributed by atoms with van der Waals surface area (Å²) in [6.45, 7) is 4.14. The van der Waals surface area contributed by atoms with E-state index in [1.807, 2.05) is 7.11 Å². The predicted molar refractivity (Wildman–Crippen MR) is 77.1 cm³/mol. The highest BCUT2D eigenvalue weighted by atomic mass is 16.5. The van der Waals surface area contributed by atoms with Crippen LogP contribution in [0.2, 0.25) is 0 Å². The standard InChI is InChI=1S/C15H29N3O/c1-17-13-3-4-14(17)8-15(7-13,11-16)18-6-5-12(9-18)10-19-2/h12-14H,3-11,16H2,1-2H3. The van der Waals surface area contributed by atoms with Crippen LogP contribution >= 0.6 is 0 Å². The number of ether oxygens (including phenoxy) is 1. The first-order valence-corrected chi connectivity index (χ1v) is 7.84. The summed E-state index contributed by atoms with van der Waals surface area (Å²) in [5.74, 6) is 0.714. The fourth-order valence-electron chi connectivity index (χ4n) is 4.73. The number of fused-ring (bicyclic) bond motifs is 2. The Morgan fingerprint density at radius 1 is 1.21 bits per heavy atom. The molecule has 3 saturated heterocycles. The van der Waals surface area contributed by atoms with Crippen molar-refractivity contribution < 1.29 is 4.74 Å². The smallest absolute Gasteiger partial charge is 0.0503 e. The first-order chi connectivity index (χ1) is 9.18. The van der Waals surface area contributed by atoms with Crippen LogP contribution in [0.5, 0.6) is 0 Å². The molecule has 3 aliphatic rings. The first kappa shape index (κ1) is 13.8. The summed E-state index contributed by atoms with van der Waals surface area (Å²) in [7, 11) is 4.12. The minimum atomic E-state index is 0.279. The summed E-state index contributed by atoms with van der Waals surface area (Å²) in [5.41, 5.74) is 6.52. The fourth-order valence-corrected chi connectivity index (χ4v) is 4.73. The molecule has 3 aliphatic heterocycles. The van der Waals surface area contributed by atoms with Gasteiger partial charge in [0.15, 0.2) is 0 Å². The van der Waals surface area contributed by atoms with Gasteiger partial charge in [0.1, 0.15) is 0 Å². The van der Waals surface area contributed by atoms with Crippen LogP contribution in [0.15, 0.2) is 0 Å². The largest absolute Gasteiger partial charge is 0.384 e. The normalized spacial score (nSPS) is 44.1. The van der Waals surface area contributed by atoms with E-state index in [0.717, 1.165) is 25.2 Å². The molecule has 3 unspecified atom stereocenters. The van der Waals surface area contributed by atoms with Crippen LogP contribution in [-0.4, -0.2) is 67.8 Å². The Balaban J connectivity index is 1.71. The lowest BCUT2D eigenvalue weighted by Gasteiger charge is -2.50. The highest BCUT2D eigenvalue weighted by molar-refractivity contribution is 5.07. The number of piperidine rings is 1. The third kappa shape index (κ3) is 2.33. The summed E-state index contributed by atoms with van der Waals surface area (Å²) in [6, 6.07) is 1.53. The molecule has 4 heteroatoms. The Hall–Kier alpha value is -0.160. The highest BCUT2D eigenvalue weighted by Crippen LogP contribution is 2.43. The van der Waals surface area contributed by atoms with Gasteiger partial charge in [-0.05, 0) is 51.6 Å². The van der Waals surface area contributed by atoms with Crippen molar-refractivity contribution in [1.29, 1.82) is 0 Å². The number of rotatable bonds is 4. The number of methoxy groups -OCH3 is 1. The van der Waals surface area contributed by atoms with Crippen LogP contribution < -0.4 is 5.73 Å². The van der Waals surface area contributed by atoms with Crippen molar-refractivity contribution in [3.8, 4) is 0 Å². The number of nitrogens with two attached hydrogens (primary N) is 1. The molecular formula is C15H29N3O. The minimum Gasteiger partial charge on any atom is -0.384 e. The summed E-state index contributed by atoms with van der Waals surface area (Å²) in [5, 5.41) is 0. The average Bonchev–Trinajstić information content (AvgIpc) is 2.94. The van der Waals surface area contributed by atoms with Crippen molar-refractivity contribution in [2.45, 2.75) is 49.7 Å². The number of likely N-dealkylation sites (tertiary alicyclic amines) is 1. The van der Waals surface area contributed by atoms with Crippen molar-refractivity contribution in [3.63, 3.8) is 0 Å². The molecule has 3 atom stereocenters. The molecule has 0 radical (unpaired) electrons. The second kappa shape index (κ2) is 5.32. The van der Waals surface area contributed by atoms with Crippen LogP contribution in [0.4, 0.5) is 0 Å². The Bertz CT molecular complexity index is 309. The molecule has 0 spiro atoms. The van der Waals surface area contributed by atoms with Gasteiger partial charge in [0.2, 0.25) is 0 Å². The van der Waals surface area contributed by atoms with E-state index in [9.17, 15) is 0 Å². The van der Waals surface area contributed by atoms with Crippen molar-refractivity contribution >= 4 is 0 Å². The molecule has 0 aliphatic carbocycles. The van der Waals surface area contributed by atoms with Crippen LogP contribution in [0.25, 0.3) is 0 Å². The third-order valence-electron chi connectivity index (χ3n) is 5.96. The summed E-state index contributed by atoms with van der Waals surface area (Å²) in [4.78, 5) is 5.31. The van der Waals surface area contributed by atoms with Gasteiger partial charge in [0, 0.05) is 37.8 Å². The lowest BCUT2D eigenvalue weighted by Crippen LogP contribution is -2.61. The quantitative estimate of drug-likeness (QED) is 0.822. The molecule has 19 heavy (non-hydrogen) atoms. The van der Waals surface area contributed by atoms with Crippen LogP contribution in [-0.2, 0) is 4.74 Å². The SMILES string of the molecule is COCC1CCN(C2(CN)CC3CCC(C2)N3C)C1. The summed E-state index contributed by atoms with van der Waals surface area (Å²) in [6.07, 6.45) is 6.57. The van der Waals surface area contributed by atoms with E-state index >= 15 is 0 Å². The number of hydrogen-bond donors (Lipinski definition) is 1. The highest BCUT2D eigenvalue weighted by Gasteiger charge is 2.50. The molecule has 110 valence electrons. The molecule has 4 nitrogen and oxygen atoms in total. The molecule has 0 amide bonds. The first-order valence-electron chi connectivity index (χ1n) is 7.84. The van der Waals surface area contributed by atoms with Crippen LogP contribution in [0.3, 0.4) is 0 Å². The second-order valence-electron chi connectivity index (χ2n) is 6.94. The average molecular weight is 267 g/mol.